The third-order valence-corrected chi connectivity index (χ3v) is 5.76. The SMILES string of the molecule is Cc1ccc(C2=NN3[C@@H](c4ccc([N+](=O)[O-])cc4)Oc4ccc(Cl)cc4[C@@H]3C2)cc1. The monoisotopic (exact) mass is 419 g/mol. The number of benzene rings is 3. The Balaban J connectivity index is 1.57. The number of fused-ring (bicyclic) bond motifs is 3. The minimum absolute atomic E-state index is 0.0241. The second-order valence-corrected chi connectivity index (χ2v) is 7.95. The molecule has 0 aliphatic carbocycles. The summed E-state index contributed by atoms with van der Waals surface area (Å²) in [5.41, 5.74) is 5.08. The number of hydrazone groups is 1. The van der Waals surface area contributed by atoms with Gasteiger partial charge in [0, 0.05) is 34.7 Å². The van der Waals surface area contributed by atoms with Crippen LogP contribution in [-0.4, -0.2) is 15.6 Å². The number of rotatable bonds is 3. The first-order valence-corrected chi connectivity index (χ1v) is 10.0. The molecule has 0 spiro atoms. The van der Waals surface area contributed by atoms with Crippen LogP contribution in [0.4, 0.5) is 5.69 Å². The van der Waals surface area contributed by atoms with E-state index in [-0.39, 0.29) is 11.7 Å². The molecule has 2 heterocycles. The van der Waals surface area contributed by atoms with E-state index in [0.29, 0.717) is 5.02 Å². The van der Waals surface area contributed by atoms with Gasteiger partial charge in [-0.2, -0.15) is 5.10 Å². The summed E-state index contributed by atoms with van der Waals surface area (Å²) in [7, 11) is 0. The number of hydrogen-bond donors (Lipinski definition) is 0. The van der Waals surface area contributed by atoms with Crippen LogP contribution in [0.5, 0.6) is 5.75 Å². The zero-order valence-electron chi connectivity index (χ0n) is 16.2. The molecule has 0 fully saturated rings. The maximum atomic E-state index is 11.0. The zero-order chi connectivity index (χ0) is 20.8. The van der Waals surface area contributed by atoms with Gasteiger partial charge < -0.3 is 4.74 Å². The van der Waals surface area contributed by atoms with E-state index in [1.165, 1.54) is 17.7 Å². The van der Waals surface area contributed by atoms with Crippen molar-refractivity contribution >= 4 is 23.0 Å². The maximum absolute atomic E-state index is 11.0. The van der Waals surface area contributed by atoms with Gasteiger partial charge in [-0.25, -0.2) is 5.01 Å². The van der Waals surface area contributed by atoms with Crippen LogP contribution in [0.2, 0.25) is 5.02 Å². The Morgan fingerprint density at radius 3 is 2.53 bits per heavy atom. The van der Waals surface area contributed by atoms with Crippen molar-refractivity contribution in [3.05, 3.63) is 104 Å². The van der Waals surface area contributed by atoms with E-state index in [9.17, 15) is 10.1 Å². The molecule has 0 aromatic heterocycles. The topological polar surface area (TPSA) is 68.0 Å². The maximum Gasteiger partial charge on any atom is 0.269 e. The first-order valence-electron chi connectivity index (χ1n) is 9.63. The van der Waals surface area contributed by atoms with Crippen LogP contribution < -0.4 is 4.74 Å². The molecule has 0 saturated carbocycles. The number of nitro benzene ring substituents is 1. The number of halogens is 1. The molecule has 0 amide bonds. The highest BCUT2D eigenvalue weighted by Crippen LogP contribution is 2.48. The lowest BCUT2D eigenvalue weighted by Crippen LogP contribution is -2.33. The molecule has 0 bridgehead atoms. The van der Waals surface area contributed by atoms with Gasteiger partial charge in [0.25, 0.3) is 5.69 Å². The number of nitro groups is 1. The van der Waals surface area contributed by atoms with Gasteiger partial charge in [0.1, 0.15) is 5.75 Å². The van der Waals surface area contributed by atoms with E-state index in [0.717, 1.165) is 34.6 Å². The van der Waals surface area contributed by atoms with Gasteiger partial charge in [-0.15, -0.1) is 0 Å². The number of hydrogen-bond acceptors (Lipinski definition) is 5. The van der Waals surface area contributed by atoms with Crippen molar-refractivity contribution < 1.29 is 9.66 Å². The summed E-state index contributed by atoms with van der Waals surface area (Å²) in [4.78, 5) is 10.6. The Labute approximate surface area is 178 Å². The van der Waals surface area contributed by atoms with Gasteiger partial charge >= 0.3 is 0 Å². The zero-order valence-corrected chi connectivity index (χ0v) is 16.9. The quantitative estimate of drug-likeness (QED) is 0.397. The predicted octanol–water partition coefficient (Wildman–Crippen LogP) is 5.80. The van der Waals surface area contributed by atoms with Crippen LogP contribution >= 0.6 is 11.6 Å². The highest BCUT2D eigenvalue weighted by Gasteiger charge is 2.41. The van der Waals surface area contributed by atoms with E-state index < -0.39 is 11.2 Å². The molecule has 150 valence electrons. The lowest BCUT2D eigenvalue weighted by Gasteiger charge is -2.38. The van der Waals surface area contributed by atoms with Crippen molar-refractivity contribution in [2.24, 2.45) is 5.10 Å². The van der Waals surface area contributed by atoms with E-state index in [1.54, 1.807) is 18.2 Å². The second-order valence-electron chi connectivity index (χ2n) is 7.51. The Bertz CT molecular complexity index is 1160. The van der Waals surface area contributed by atoms with Crippen molar-refractivity contribution in [3.8, 4) is 5.75 Å². The average molecular weight is 420 g/mol. The Kier molecular flexibility index (Phi) is 4.44. The standard InChI is InChI=1S/C23H18ClN3O3/c1-14-2-4-15(5-3-14)20-13-21-19-12-17(24)8-11-22(19)30-23(26(21)25-20)16-6-9-18(10-7-16)27(28)29/h2-12,21,23H,13H2,1H3/t21-,23+/m0/s1. The highest BCUT2D eigenvalue weighted by molar-refractivity contribution is 6.30. The third kappa shape index (κ3) is 3.19. The average Bonchev–Trinajstić information content (AvgIpc) is 3.19. The fourth-order valence-electron chi connectivity index (χ4n) is 3.96. The van der Waals surface area contributed by atoms with E-state index in [1.807, 2.05) is 17.1 Å². The molecule has 0 radical (unpaired) electrons. The van der Waals surface area contributed by atoms with Crippen LogP contribution in [0.3, 0.4) is 0 Å². The largest absolute Gasteiger partial charge is 0.464 e. The number of non-ortho nitro benzene ring substituents is 1. The molecule has 5 rings (SSSR count). The first kappa shape index (κ1) is 18.6. The van der Waals surface area contributed by atoms with Crippen LogP contribution in [0.1, 0.15) is 40.9 Å². The fraction of sp³-hybridized carbons (Fsp3) is 0.174. The van der Waals surface area contributed by atoms with Crippen molar-refractivity contribution in [2.75, 3.05) is 0 Å². The van der Waals surface area contributed by atoms with Crippen LogP contribution in [0.15, 0.2) is 71.8 Å². The lowest BCUT2D eigenvalue weighted by molar-refractivity contribution is -0.384. The van der Waals surface area contributed by atoms with Gasteiger partial charge in [-0.05, 0) is 42.8 Å². The van der Waals surface area contributed by atoms with Gasteiger partial charge in [0.15, 0.2) is 0 Å². The summed E-state index contributed by atoms with van der Waals surface area (Å²) in [5.74, 6) is 0.754. The summed E-state index contributed by atoms with van der Waals surface area (Å²) in [6.07, 6.45) is 0.246. The Hall–Kier alpha value is -3.38. The summed E-state index contributed by atoms with van der Waals surface area (Å²) in [6.45, 7) is 2.06. The van der Waals surface area contributed by atoms with Gasteiger partial charge in [0.05, 0.1) is 16.7 Å². The third-order valence-electron chi connectivity index (χ3n) is 5.53. The van der Waals surface area contributed by atoms with Crippen molar-refractivity contribution in [3.63, 3.8) is 0 Å². The predicted molar refractivity (Wildman–Crippen MR) is 115 cm³/mol. The second kappa shape index (κ2) is 7.15. The highest BCUT2D eigenvalue weighted by atomic mass is 35.5. The Morgan fingerprint density at radius 1 is 1.10 bits per heavy atom. The van der Waals surface area contributed by atoms with Crippen LogP contribution in [-0.2, 0) is 0 Å². The van der Waals surface area contributed by atoms with Crippen molar-refractivity contribution in [2.45, 2.75) is 25.6 Å². The summed E-state index contributed by atoms with van der Waals surface area (Å²) in [5, 5.41) is 18.5. The molecular weight excluding hydrogens is 402 g/mol. The smallest absolute Gasteiger partial charge is 0.269 e. The Morgan fingerprint density at radius 2 is 1.83 bits per heavy atom. The summed E-state index contributed by atoms with van der Waals surface area (Å²) in [6, 6.07) is 20.3. The number of nitrogens with zero attached hydrogens (tertiary/aromatic N) is 3. The van der Waals surface area contributed by atoms with Crippen molar-refractivity contribution in [1.82, 2.24) is 5.01 Å². The van der Waals surface area contributed by atoms with E-state index >= 15 is 0 Å². The van der Waals surface area contributed by atoms with Gasteiger partial charge in [-0.3, -0.25) is 10.1 Å². The normalized spacial score (nSPS) is 19.5. The fourth-order valence-corrected chi connectivity index (χ4v) is 4.14. The molecule has 3 aromatic rings. The van der Waals surface area contributed by atoms with Gasteiger partial charge in [0.2, 0.25) is 6.23 Å². The molecule has 2 aliphatic rings. The summed E-state index contributed by atoms with van der Waals surface area (Å²) < 4.78 is 6.28. The molecule has 0 N–H and O–H groups in total. The molecule has 0 unspecified atom stereocenters. The number of ether oxygens (including phenoxy) is 1. The van der Waals surface area contributed by atoms with Crippen LogP contribution in [0, 0.1) is 17.0 Å². The molecule has 0 saturated heterocycles. The van der Waals surface area contributed by atoms with E-state index in [2.05, 4.69) is 31.2 Å². The molecular formula is C23H18ClN3O3. The van der Waals surface area contributed by atoms with Gasteiger partial charge in [-0.1, -0.05) is 41.4 Å². The minimum Gasteiger partial charge on any atom is -0.464 e. The number of aryl methyl sites for hydroxylation is 1. The lowest BCUT2D eigenvalue weighted by atomic mass is 9.95. The minimum atomic E-state index is -0.479. The first-order chi connectivity index (χ1) is 14.5. The van der Waals surface area contributed by atoms with Crippen LogP contribution in [0.25, 0.3) is 0 Å². The van der Waals surface area contributed by atoms with Crippen molar-refractivity contribution in [1.29, 1.82) is 0 Å². The summed E-state index contributed by atoms with van der Waals surface area (Å²) >= 11 is 6.26. The molecule has 2 aliphatic heterocycles. The molecule has 2 atom stereocenters. The molecule has 3 aromatic carbocycles. The molecule has 7 heteroatoms. The molecule has 6 nitrogen and oxygen atoms in total. The van der Waals surface area contributed by atoms with E-state index in [4.69, 9.17) is 21.4 Å². The molecule has 30 heavy (non-hydrogen) atoms.